The number of hydrogen-bond donors (Lipinski definition) is 4. The Kier molecular flexibility index (Phi) is 7.51. The number of amides is 1. The Morgan fingerprint density at radius 3 is 1.86 bits per heavy atom. The number of nitrogens with two attached hydrogens (primary N) is 1. The van der Waals surface area contributed by atoms with E-state index in [4.69, 9.17) is 19.9 Å². The molecule has 196 valence electrons. The first-order chi connectivity index (χ1) is 16.1. The molecule has 12 nitrogen and oxygen atoms in total. The summed E-state index contributed by atoms with van der Waals surface area (Å²) in [5.74, 6) is 0.794. The smallest absolute Gasteiger partial charge is 0.413 e. The highest BCUT2D eigenvalue weighted by Gasteiger charge is 2.42. The highest BCUT2D eigenvalue weighted by Crippen LogP contribution is 2.33. The van der Waals surface area contributed by atoms with Gasteiger partial charge >= 0.3 is 6.09 Å². The summed E-state index contributed by atoms with van der Waals surface area (Å²) < 4.78 is 18.7. The molecule has 0 aromatic carbocycles. The third-order valence-corrected chi connectivity index (χ3v) is 5.41. The summed E-state index contributed by atoms with van der Waals surface area (Å²) in [6, 6.07) is 3.61. The van der Waals surface area contributed by atoms with Crippen LogP contribution in [0.15, 0.2) is 12.1 Å². The maximum atomic E-state index is 11.8. The van der Waals surface area contributed by atoms with Gasteiger partial charge in [-0.25, -0.2) is 4.79 Å². The van der Waals surface area contributed by atoms with E-state index in [1.54, 1.807) is 42.3 Å². The Morgan fingerprint density at radius 2 is 1.46 bits per heavy atom. The number of nitrogen functional groups attached to an aromatic ring is 1. The van der Waals surface area contributed by atoms with Crippen LogP contribution in [0.25, 0.3) is 0 Å². The van der Waals surface area contributed by atoms with Crippen LogP contribution in [0.2, 0.25) is 0 Å². The number of carbonyl (C=O) groups is 1. The zero-order valence-electron chi connectivity index (χ0n) is 21.5. The maximum Gasteiger partial charge on any atom is 0.413 e. The number of nitrogens with zero attached hydrogens (tertiary/aromatic N) is 4. The summed E-state index contributed by atoms with van der Waals surface area (Å²) in [6.07, 6.45) is -0.570. The van der Waals surface area contributed by atoms with Crippen molar-refractivity contribution in [3.8, 4) is 0 Å². The molecule has 2 aromatic heterocycles. The molecule has 0 saturated carbocycles. The van der Waals surface area contributed by atoms with Crippen LogP contribution in [-0.2, 0) is 25.4 Å². The van der Waals surface area contributed by atoms with Gasteiger partial charge < -0.3 is 30.2 Å². The predicted octanol–water partition coefficient (Wildman–Crippen LogP) is 2.29. The van der Waals surface area contributed by atoms with Gasteiger partial charge in [-0.05, 0) is 48.5 Å². The Morgan fingerprint density at radius 1 is 1.00 bits per heavy atom. The molecule has 12 heteroatoms. The molecule has 35 heavy (non-hydrogen) atoms. The largest absolute Gasteiger partial charge is 0.444 e. The molecule has 0 radical (unpaired) electrons. The zero-order chi connectivity index (χ0) is 26.2. The minimum Gasteiger partial charge on any atom is -0.444 e. The third kappa shape index (κ3) is 6.13. The van der Waals surface area contributed by atoms with Gasteiger partial charge in [-0.1, -0.05) is 0 Å². The molecule has 0 atom stereocenters. The highest BCUT2D eigenvalue weighted by atomic mass is 16.6. The summed E-state index contributed by atoms with van der Waals surface area (Å²) in [5.41, 5.74) is 4.48. The molecule has 0 bridgehead atoms. The van der Waals surface area contributed by atoms with Crippen LogP contribution in [-0.4, -0.2) is 67.9 Å². The van der Waals surface area contributed by atoms with Crippen LogP contribution in [0.4, 0.5) is 16.4 Å². The monoisotopic (exact) mass is 494 g/mol. The second kappa shape index (κ2) is 9.76. The van der Waals surface area contributed by atoms with Crippen molar-refractivity contribution >= 4 is 17.7 Å². The fourth-order valence-electron chi connectivity index (χ4n) is 3.65. The summed E-state index contributed by atoms with van der Waals surface area (Å²) in [7, 11) is 0. The molecule has 4 rings (SSSR count). The van der Waals surface area contributed by atoms with Crippen LogP contribution in [0.3, 0.4) is 0 Å². The summed E-state index contributed by atoms with van der Waals surface area (Å²) in [4.78, 5) is 11.8. The Hall–Kier alpha value is -2.67. The van der Waals surface area contributed by atoms with Crippen molar-refractivity contribution < 1.29 is 29.2 Å². The lowest BCUT2D eigenvalue weighted by atomic mass is 9.97. The van der Waals surface area contributed by atoms with E-state index in [9.17, 15) is 15.0 Å². The van der Waals surface area contributed by atoms with Gasteiger partial charge in [0.15, 0.2) is 17.0 Å². The second-order valence-electron chi connectivity index (χ2n) is 10.6. The van der Waals surface area contributed by atoms with Crippen LogP contribution in [0.1, 0.15) is 71.9 Å². The number of ether oxygens (including phenoxy) is 3. The second-order valence-corrected chi connectivity index (χ2v) is 10.6. The number of anilines is 2. The molecule has 1 amide bonds. The van der Waals surface area contributed by atoms with Gasteiger partial charge in [0, 0.05) is 24.2 Å². The number of aliphatic hydroxyl groups is 2. The lowest BCUT2D eigenvalue weighted by molar-refractivity contribution is -0.189. The standard InChI is InChI=1S/C14H23N3O4.C9H15N3O2/c1-9(2)17-10(14(19)7-20-8-14)6-11(16-17)15-12(18)21-13(3,4)5;1-6(2)12-7(3-8(10)11-12)9(13)4-14-5-9/h6,9,19H,7-8H2,1-5H3,(H,15,16,18);3,6,13H,4-5H2,1-2H3,(H2,10,11). The molecule has 0 aliphatic carbocycles. The number of nitrogens with one attached hydrogen (secondary N) is 1. The van der Waals surface area contributed by atoms with Gasteiger partial charge in [-0.2, -0.15) is 10.2 Å². The van der Waals surface area contributed by atoms with Crippen molar-refractivity contribution in [3.63, 3.8) is 0 Å². The average Bonchev–Trinajstić information content (AvgIpc) is 3.27. The van der Waals surface area contributed by atoms with Crippen LogP contribution in [0, 0.1) is 0 Å². The topological polar surface area (TPSA) is 159 Å². The SMILES string of the molecule is CC(C)n1nc(N)cc1C1(O)COC1.CC(C)n1nc(NC(=O)OC(C)(C)C)cc1C1(O)COC1. The minimum atomic E-state index is -1.04. The average molecular weight is 495 g/mol. The van der Waals surface area contributed by atoms with E-state index in [0.29, 0.717) is 30.5 Å². The van der Waals surface area contributed by atoms with E-state index >= 15 is 0 Å². The van der Waals surface area contributed by atoms with Crippen LogP contribution < -0.4 is 11.1 Å². The minimum absolute atomic E-state index is 0.0545. The summed E-state index contributed by atoms with van der Waals surface area (Å²) >= 11 is 0. The van der Waals surface area contributed by atoms with Crippen LogP contribution in [0.5, 0.6) is 0 Å². The molecule has 0 unspecified atom stereocenters. The molecule has 4 heterocycles. The molecule has 2 aliphatic heterocycles. The molecular formula is C23H38N6O6. The number of hydrogen-bond acceptors (Lipinski definition) is 9. The number of rotatable bonds is 5. The van der Waals surface area contributed by atoms with E-state index in [-0.39, 0.29) is 25.3 Å². The van der Waals surface area contributed by atoms with Gasteiger partial charge in [0.2, 0.25) is 0 Å². The van der Waals surface area contributed by atoms with E-state index < -0.39 is 22.9 Å². The van der Waals surface area contributed by atoms with Crippen molar-refractivity contribution in [2.24, 2.45) is 0 Å². The fraction of sp³-hybridized carbons (Fsp3) is 0.696. The molecule has 0 spiro atoms. The van der Waals surface area contributed by atoms with Crippen molar-refractivity contribution in [3.05, 3.63) is 23.5 Å². The zero-order valence-corrected chi connectivity index (χ0v) is 21.5. The quantitative estimate of drug-likeness (QED) is 0.489. The van der Waals surface area contributed by atoms with Crippen molar-refractivity contribution in [2.45, 2.75) is 77.4 Å². The molecule has 2 aliphatic rings. The maximum absolute atomic E-state index is 11.8. The summed E-state index contributed by atoms with van der Waals surface area (Å²) in [6.45, 7) is 14.4. The lowest BCUT2D eigenvalue weighted by Gasteiger charge is -2.36. The lowest BCUT2D eigenvalue weighted by Crippen LogP contribution is -2.48. The number of aromatic nitrogens is 4. The molecule has 2 fully saturated rings. The van der Waals surface area contributed by atoms with Crippen molar-refractivity contribution in [1.29, 1.82) is 0 Å². The normalized spacial score (nSPS) is 18.4. The van der Waals surface area contributed by atoms with Crippen molar-refractivity contribution in [2.75, 3.05) is 37.5 Å². The van der Waals surface area contributed by atoms with Crippen LogP contribution >= 0.6 is 0 Å². The number of carbonyl (C=O) groups excluding carboxylic acids is 1. The Balaban J connectivity index is 0.000000211. The first-order valence-corrected chi connectivity index (χ1v) is 11.7. The molecule has 5 N–H and O–H groups in total. The van der Waals surface area contributed by atoms with Gasteiger partial charge in [-0.3, -0.25) is 14.7 Å². The fourth-order valence-corrected chi connectivity index (χ4v) is 3.65. The molecule has 2 saturated heterocycles. The molecular weight excluding hydrogens is 456 g/mol. The van der Waals surface area contributed by atoms with Gasteiger partial charge in [0.25, 0.3) is 0 Å². The predicted molar refractivity (Wildman–Crippen MR) is 129 cm³/mol. The van der Waals surface area contributed by atoms with E-state index in [2.05, 4.69) is 15.5 Å². The van der Waals surface area contributed by atoms with Gasteiger partial charge in [-0.15, -0.1) is 0 Å². The van der Waals surface area contributed by atoms with Crippen molar-refractivity contribution in [1.82, 2.24) is 19.6 Å². The summed E-state index contributed by atoms with van der Waals surface area (Å²) in [5, 5.41) is 31.5. The first kappa shape index (κ1) is 26.9. The van der Waals surface area contributed by atoms with Gasteiger partial charge in [0.1, 0.15) is 11.4 Å². The Bertz CT molecular complexity index is 1030. The van der Waals surface area contributed by atoms with E-state index in [0.717, 1.165) is 5.69 Å². The van der Waals surface area contributed by atoms with E-state index in [1.807, 2.05) is 27.7 Å². The highest BCUT2D eigenvalue weighted by molar-refractivity contribution is 5.83. The molecule has 2 aromatic rings. The first-order valence-electron chi connectivity index (χ1n) is 11.7. The Labute approximate surface area is 205 Å². The van der Waals surface area contributed by atoms with E-state index in [1.165, 1.54) is 0 Å². The van der Waals surface area contributed by atoms with Gasteiger partial charge in [0.05, 0.1) is 37.8 Å². The third-order valence-electron chi connectivity index (χ3n) is 5.41.